The second-order valence-corrected chi connectivity index (χ2v) is 7.15. The molecule has 1 aromatic carbocycles. The van der Waals surface area contributed by atoms with E-state index in [2.05, 4.69) is 50.8 Å². The molecule has 0 aliphatic rings. The van der Waals surface area contributed by atoms with Crippen molar-refractivity contribution in [1.29, 1.82) is 0 Å². The van der Waals surface area contributed by atoms with Crippen molar-refractivity contribution >= 4 is 56.0 Å². The molecule has 0 aliphatic carbocycles. The normalized spacial score (nSPS) is 14.2. The highest BCUT2D eigenvalue weighted by molar-refractivity contribution is 14.1. The number of nitrogens with one attached hydrogen (secondary N) is 1. The molecule has 5 heteroatoms. The van der Waals surface area contributed by atoms with Crippen LogP contribution in [0.5, 0.6) is 0 Å². The van der Waals surface area contributed by atoms with Crippen molar-refractivity contribution in [2.45, 2.75) is 31.1 Å². The predicted molar refractivity (Wildman–Crippen MR) is 84.1 cm³/mol. The molecule has 0 radical (unpaired) electrons. The average molecular weight is 431 g/mol. The van der Waals surface area contributed by atoms with Crippen molar-refractivity contribution in [3.63, 3.8) is 0 Å². The fourth-order valence-electron chi connectivity index (χ4n) is 1.49. The van der Waals surface area contributed by atoms with E-state index in [1.165, 1.54) is 0 Å². The van der Waals surface area contributed by atoms with Gasteiger partial charge in [-0.1, -0.05) is 34.5 Å². The molecule has 1 N–H and O–H groups in total. The van der Waals surface area contributed by atoms with Gasteiger partial charge in [0.05, 0.1) is 5.02 Å². The SMILES string of the molecule is CC(Br)CC(C)NC(=O)c1ccc(I)c(Cl)c1. The maximum absolute atomic E-state index is 11.9. The smallest absolute Gasteiger partial charge is 0.251 e. The second kappa shape index (κ2) is 6.95. The van der Waals surface area contributed by atoms with Crippen LogP contribution in [0.25, 0.3) is 0 Å². The van der Waals surface area contributed by atoms with E-state index in [1.54, 1.807) is 12.1 Å². The first-order valence-electron chi connectivity index (χ1n) is 5.30. The van der Waals surface area contributed by atoms with Crippen LogP contribution < -0.4 is 5.32 Å². The van der Waals surface area contributed by atoms with E-state index < -0.39 is 0 Å². The van der Waals surface area contributed by atoms with E-state index in [1.807, 2.05) is 13.0 Å². The monoisotopic (exact) mass is 429 g/mol. The summed E-state index contributed by atoms with van der Waals surface area (Å²) in [4.78, 5) is 12.3. The van der Waals surface area contributed by atoms with Crippen molar-refractivity contribution in [3.8, 4) is 0 Å². The second-order valence-electron chi connectivity index (χ2n) is 4.02. The fourth-order valence-corrected chi connectivity index (χ4v) is 2.57. The summed E-state index contributed by atoms with van der Waals surface area (Å²) in [6, 6.07) is 5.46. The quantitative estimate of drug-likeness (QED) is 0.562. The summed E-state index contributed by atoms with van der Waals surface area (Å²) >= 11 is 11.6. The summed E-state index contributed by atoms with van der Waals surface area (Å²) in [5.41, 5.74) is 0.601. The lowest BCUT2D eigenvalue weighted by Gasteiger charge is -2.15. The largest absolute Gasteiger partial charge is 0.350 e. The van der Waals surface area contributed by atoms with Gasteiger partial charge in [0.25, 0.3) is 5.91 Å². The Balaban J connectivity index is 2.66. The Hall–Kier alpha value is 0.190. The zero-order valence-electron chi connectivity index (χ0n) is 9.64. The highest BCUT2D eigenvalue weighted by Gasteiger charge is 2.12. The van der Waals surface area contributed by atoms with Crippen LogP contribution in [-0.4, -0.2) is 16.8 Å². The third-order valence-corrected chi connectivity index (χ3v) is 4.18. The standard InChI is InChI=1S/C12H14BrClINO/c1-7(13)5-8(2)16-12(17)9-3-4-11(15)10(14)6-9/h3-4,6-8H,5H2,1-2H3,(H,16,17). The van der Waals surface area contributed by atoms with Crippen LogP contribution in [0.15, 0.2) is 18.2 Å². The number of rotatable bonds is 4. The minimum Gasteiger partial charge on any atom is -0.350 e. The summed E-state index contributed by atoms with van der Waals surface area (Å²) in [5, 5.41) is 3.56. The number of halogens is 3. The van der Waals surface area contributed by atoms with Gasteiger partial charge in [-0.05, 0) is 54.1 Å². The van der Waals surface area contributed by atoms with Crippen molar-refractivity contribution < 1.29 is 4.79 Å². The molecule has 2 atom stereocenters. The van der Waals surface area contributed by atoms with E-state index in [-0.39, 0.29) is 11.9 Å². The van der Waals surface area contributed by atoms with Crippen LogP contribution in [0.1, 0.15) is 30.6 Å². The fraction of sp³-hybridized carbons (Fsp3) is 0.417. The molecule has 0 spiro atoms. The lowest BCUT2D eigenvalue weighted by atomic mass is 10.1. The predicted octanol–water partition coefficient (Wildman–Crippen LogP) is 4.24. The number of amides is 1. The highest BCUT2D eigenvalue weighted by atomic mass is 127. The van der Waals surface area contributed by atoms with Gasteiger partial charge in [-0.25, -0.2) is 0 Å². The number of alkyl halides is 1. The van der Waals surface area contributed by atoms with Crippen LogP contribution in [0.4, 0.5) is 0 Å². The Morgan fingerprint density at radius 1 is 1.53 bits per heavy atom. The van der Waals surface area contributed by atoms with Gasteiger partial charge in [0, 0.05) is 20.0 Å². The van der Waals surface area contributed by atoms with Gasteiger partial charge in [0.1, 0.15) is 0 Å². The van der Waals surface area contributed by atoms with E-state index in [0.717, 1.165) is 9.99 Å². The van der Waals surface area contributed by atoms with Crippen molar-refractivity contribution in [2.24, 2.45) is 0 Å². The molecule has 2 unspecified atom stereocenters. The van der Waals surface area contributed by atoms with Crippen LogP contribution in [0.3, 0.4) is 0 Å². The first-order valence-corrected chi connectivity index (χ1v) is 7.67. The zero-order valence-corrected chi connectivity index (χ0v) is 14.1. The molecule has 2 nitrogen and oxygen atoms in total. The molecule has 1 rings (SSSR count). The number of carbonyl (C=O) groups excluding carboxylic acids is 1. The molecule has 1 amide bonds. The van der Waals surface area contributed by atoms with Crippen LogP contribution in [0.2, 0.25) is 5.02 Å². The highest BCUT2D eigenvalue weighted by Crippen LogP contribution is 2.19. The summed E-state index contributed by atoms with van der Waals surface area (Å²) in [5.74, 6) is -0.0797. The molecule has 0 bridgehead atoms. The molecule has 0 saturated carbocycles. The minimum atomic E-state index is -0.0797. The maximum atomic E-state index is 11.9. The maximum Gasteiger partial charge on any atom is 0.251 e. The molecular formula is C12H14BrClINO. The van der Waals surface area contributed by atoms with Crippen LogP contribution in [0, 0.1) is 3.57 Å². The summed E-state index contributed by atoms with van der Waals surface area (Å²) < 4.78 is 0.947. The summed E-state index contributed by atoms with van der Waals surface area (Å²) in [6.45, 7) is 4.05. The van der Waals surface area contributed by atoms with Gasteiger partial charge in [0.15, 0.2) is 0 Å². The Labute approximate surface area is 129 Å². The molecule has 1 aromatic rings. The summed E-state index contributed by atoms with van der Waals surface area (Å²) in [7, 11) is 0. The summed E-state index contributed by atoms with van der Waals surface area (Å²) in [6.07, 6.45) is 0.893. The lowest BCUT2D eigenvalue weighted by Crippen LogP contribution is -2.33. The van der Waals surface area contributed by atoms with Gasteiger partial charge in [0.2, 0.25) is 0 Å². The molecule has 17 heavy (non-hydrogen) atoms. The van der Waals surface area contributed by atoms with Crippen molar-refractivity contribution in [1.82, 2.24) is 5.32 Å². The number of carbonyl (C=O) groups is 1. The third-order valence-electron chi connectivity index (χ3n) is 2.24. The molecule has 0 aliphatic heterocycles. The molecule has 0 fully saturated rings. The molecular weight excluding hydrogens is 416 g/mol. The van der Waals surface area contributed by atoms with Crippen molar-refractivity contribution in [3.05, 3.63) is 32.4 Å². The first-order chi connectivity index (χ1) is 7.90. The van der Waals surface area contributed by atoms with E-state index in [9.17, 15) is 4.79 Å². The van der Waals surface area contributed by atoms with Gasteiger partial charge in [-0.3, -0.25) is 4.79 Å². The molecule has 0 aromatic heterocycles. The topological polar surface area (TPSA) is 29.1 Å². The van der Waals surface area contributed by atoms with Gasteiger partial charge in [-0.2, -0.15) is 0 Å². The molecule has 0 heterocycles. The van der Waals surface area contributed by atoms with Gasteiger partial charge >= 0.3 is 0 Å². The average Bonchev–Trinajstić information content (AvgIpc) is 2.20. The Kier molecular flexibility index (Phi) is 6.23. The van der Waals surface area contributed by atoms with Crippen LogP contribution >= 0.6 is 50.1 Å². The minimum absolute atomic E-state index is 0.0797. The third kappa shape index (κ3) is 5.14. The Bertz CT molecular complexity index is 411. The van der Waals surface area contributed by atoms with Crippen molar-refractivity contribution in [2.75, 3.05) is 0 Å². The van der Waals surface area contributed by atoms with Gasteiger partial charge in [-0.15, -0.1) is 0 Å². The van der Waals surface area contributed by atoms with Gasteiger partial charge < -0.3 is 5.32 Å². The van der Waals surface area contributed by atoms with E-state index in [0.29, 0.717) is 15.4 Å². The molecule has 0 saturated heterocycles. The molecule has 94 valence electrons. The first kappa shape index (κ1) is 15.2. The number of benzene rings is 1. The zero-order chi connectivity index (χ0) is 13.0. The number of hydrogen-bond acceptors (Lipinski definition) is 1. The Morgan fingerprint density at radius 2 is 2.18 bits per heavy atom. The van der Waals surface area contributed by atoms with E-state index in [4.69, 9.17) is 11.6 Å². The van der Waals surface area contributed by atoms with E-state index >= 15 is 0 Å². The number of hydrogen-bond donors (Lipinski definition) is 1. The lowest BCUT2D eigenvalue weighted by molar-refractivity contribution is 0.0938. The Morgan fingerprint density at radius 3 is 2.71 bits per heavy atom. The van der Waals surface area contributed by atoms with Crippen LogP contribution in [-0.2, 0) is 0 Å².